The Kier molecular flexibility index (Phi) is 9.95. The summed E-state index contributed by atoms with van der Waals surface area (Å²) < 4.78 is 30.1. The van der Waals surface area contributed by atoms with Crippen LogP contribution in [0.1, 0.15) is 36.4 Å². The number of nitrogens with one attached hydrogen (secondary N) is 1. The minimum atomic E-state index is -3.87. The third kappa shape index (κ3) is 7.82. The van der Waals surface area contributed by atoms with Crippen molar-refractivity contribution in [2.75, 3.05) is 46.3 Å². The quantitative estimate of drug-likeness (QED) is 0.258. The van der Waals surface area contributed by atoms with Gasteiger partial charge in [-0.15, -0.1) is 0 Å². The van der Waals surface area contributed by atoms with E-state index >= 15 is 0 Å². The lowest BCUT2D eigenvalue weighted by molar-refractivity contribution is -0.133. The molecule has 4 aromatic carbocycles. The van der Waals surface area contributed by atoms with E-state index in [0.717, 1.165) is 61.8 Å². The van der Waals surface area contributed by atoms with E-state index in [4.69, 9.17) is 0 Å². The number of piperazine rings is 1. The first-order chi connectivity index (χ1) is 21.9. The molecule has 0 aliphatic carbocycles. The minimum Gasteiger partial charge on any atom is -0.343 e. The molecule has 0 radical (unpaired) electrons. The molecule has 6 rings (SSSR count). The van der Waals surface area contributed by atoms with Crippen LogP contribution in [0.25, 0.3) is 10.8 Å². The topological polar surface area (TPSA) is 73.0 Å². The van der Waals surface area contributed by atoms with Crippen LogP contribution < -0.4 is 4.72 Å². The molecule has 2 aliphatic heterocycles. The van der Waals surface area contributed by atoms with Crippen molar-refractivity contribution in [2.45, 2.75) is 42.7 Å². The number of nitrogens with zero attached hydrogens (tertiary/aromatic N) is 3. The van der Waals surface area contributed by atoms with Gasteiger partial charge in [-0.1, -0.05) is 91.0 Å². The summed E-state index contributed by atoms with van der Waals surface area (Å²) in [6.45, 7) is 5.70. The lowest BCUT2D eigenvalue weighted by atomic mass is 9.84. The van der Waals surface area contributed by atoms with E-state index in [-0.39, 0.29) is 17.2 Å². The smallest absolute Gasteiger partial charge is 0.241 e. The molecule has 0 aromatic heterocycles. The zero-order valence-electron chi connectivity index (χ0n) is 26.1. The lowest BCUT2D eigenvalue weighted by Crippen LogP contribution is -2.54. The van der Waals surface area contributed by atoms with Gasteiger partial charge in [0.25, 0.3) is 0 Å². The standard InChI is InChI=1S/C37H44N4O3S/c1-39-22-24-40(25-23-39)36(26-29-10-4-2-5-11-29)32-18-20-41(21-19-32)37(42)28-35(31-13-6-3-7-14-31)38-45(43,44)34-17-16-30-12-8-9-15-33(30)27-34/h2-17,27,32,35-36,38H,18-26,28H2,1H3. The maximum atomic E-state index is 13.8. The monoisotopic (exact) mass is 624 g/mol. The van der Waals surface area contributed by atoms with Gasteiger partial charge < -0.3 is 9.80 Å². The van der Waals surface area contributed by atoms with E-state index in [1.807, 2.05) is 65.6 Å². The van der Waals surface area contributed by atoms with Crippen LogP contribution in [0.15, 0.2) is 108 Å². The van der Waals surface area contributed by atoms with Gasteiger partial charge in [-0.3, -0.25) is 9.69 Å². The summed E-state index contributed by atoms with van der Waals surface area (Å²) in [6, 6.07) is 32.8. The molecule has 4 aromatic rings. The van der Waals surface area contributed by atoms with E-state index in [0.29, 0.717) is 25.0 Å². The number of sulfonamides is 1. The molecule has 1 N–H and O–H groups in total. The molecule has 0 saturated carbocycles. The second-order valence-electron chi connectivity index (χ2n) is 12.6. The highest BCUT2D eigenvalue weighted by atomic mass is 32.2. The van der Waals surface area contributed by atoms with Crippen LogP contribution in [0, 0.1) is 5.92 Å². The number of hydrogen-bond acceptors (Lipinski definition) is 5. The highest BCUT2D eigenvalue weighted by Gasteiger charge is 2.34. The molecule has 8 heteroatoms. The van der Waals surface area contributed by atoms with Gasteiger partial charge >= 0.3 is 0 Å². The Hall–Kier alpha value is -3.56. The van der Waals surface area contributed by atoms with E-state index in [1.165, 1.54) is 5.56 Å². The summed E-state index contributed by atoms with van der Waals surface area (Å²) in [5.74, 6) is 0.497. The molecule has 0 spiro atoms. The number of rotatable bonds is 10. The van der Waals surface area contributed by atoms with Crippen LogP contribution in [-0.4, -0.2) is 81.4 Å². The second kappa shape index (κ2) is 14.3. The number of fused-ring (bicyclic) bond motifs is 1. The van der Waals surface area contributed by atoms with E-state index in [1.54, 1.807) is 12.1 Å². The van der Waals surface area contributed by atoms with Crippen LogP contribution >= 0.6 is 0 Å². The van der Waals surface area contributed by atoms with Gasteiger partial charge in [-0.25, -0.2) is 13.1 Å². The summed E-state index contributed by atoms with van der Waals surface area (Å²) in [4.78, 5) is 21.0. The van der Waals surface area contributed by atoms with Crippen molar-refractivity contribution in [3.05, 3.63) is 114 Å². The number of carbonyl (C=O) groups excluding carboxylic acids is 1. The average Bonchev–Trinajstić information content (AvgIpc) is 3.08. The molecular weight excluding hydrogens is 580 g/mol. The Bertz CT molecular complexity index is 1670. The summed E-state index contributed by atoms with van der Waals surface area (Å²) in [7, 11) is -1.68. The highest BCUT2D eigenvalue weighted by Crippen LogP contribution is 2.30. The number of carbonyl (C=O) groups is 1. The summed E-state index contributed by atoms with van der Waals surface area (Å²) in [5.41, 5.74) is 2.15. The molecule has 45 heavy (non-hydrogen) atoms. The van der Waals surface area contributed by atoms with Crippen LogP contribution in [0.3, 0.4) is 0 Å². The Morgan fingerprint density at radius 2 is 1.40 bits per heavy atom. The van der Waals surface area contributed by atoms with Crippen LogP contribution in [0.2, 0.25) is 0 Å². The largest absolute Gasteiger partial charge is 0.343 e. The summed E-state index contributed by atoms with van der Waals surface area (Å²) in [6.07, 6.45) is 3.01. The zero-order chi connectivity index (χ0) is 31.2. The molecule has 2 atom stereocenters. The van der Waals surface area contributed by atoms with E-state index in [9.17, 15) is 13.2 Å². The summed E-state index contributed by atoms with van der Waals surface area (Å²) in [5, 5.41) is 1.84. The minimum absolute atomic E-state index is 0.0114. The van der Waals surface area contributed by atoms with Crippen LogP contribution in [0.4, 0.5) is 0 Å². The van der Waals surface area contributed by atoms with Crippen molar-refractivity contribution >= 4 is 26.7 Å². The number of amides is 1. The van der Waals surface area contributed by atoms with Crippen molar-refractivity contribution in [2.24, 2.45) is 5.92 Å². The number of hydrogen-bond donors (Lipinski definition) is 1. The Morgan fingerprint density at radius 3 is 2.09 bits per heavy atom. The van der Waals surface area contributed by atoms with E-state index in [2.05, 4.69) is 51.9 Å². The third-order valence-electron chi connectivity index (χ3n) is 9.64. The first-order valence-electron chi connectivity index (χ1n) is 16.2. The van der Waals surface area contributed by atoms with Gasteiger partial charge in [0.1, 0.15) is 0 Å². The third-order valence-corrected chi connectivity index (χ3v) is 11.1. The van der Waals surface area contributed by atoms with E-state index < -0.39 is 16.1 Å². The molecule has 0 bridgehead atoms. The molecule has 2 aliphatic rings. The molecule has 2 heterocycles. The van der Waals surface area contributed by atoms with Crippen molar-refractivity contribution in [1.82, 2.24) is 19.4 Å². The van der Waals surface area contributed by atoms with Crippen molar-refractivity contribution in [3.63, 3.8) is 0 Å². The fourth-order valence-electron chi connectivity index (χ4n) is 6.94. The molecule has 1 amide bonds. The van der Waals surface area contributed by atoms with Gasteiger partial charge in [0.15, 0.2) is 0 Å². The SMILES string of the molecule is CN1CCN(C(Cc2ccccc2)C2CCN(C(=O)CC(NS(=O)(=O)c3ccc4ccccc4c3)c3ccccc3)CC2)CC1. The van der Waals surface area contributed by atoms with Gasteiger partial charge in [-0.2, -0.15) is 0 Å². The predicted octanol–water partition coefficient (Wildman–Crippen LogP) is 5.35. The lowest BCUT2D eigenvalue weighted by Gasteiger charge is -2.44. The molecule has 236 valence electrons. The maximum absolute atomic E-state index is 13.8. The van der Waals surface area contributed by atoms with Crippen molar-refractivity contribution in [3.8, 4) is 0 Å². The number of piperidine rings is 1. The average molecular weight is 625 g/mol. The molecular formula is C37H44N4O3S. The molecule has 2 fully saturated rings. The van der Waals surface area contributed by atoms with Crippen LogP contribution in [0.5, 0.6) is 0 Å². The van der Waals surface area contributed by atoms with Crippen molar-refractivity contribution in [1.29, 1.82) is 0 Å². The first kappa shape index (κ1) is 31.4. The number of likely N-dealkylation sites (N-methyl/N-ethyl adjacent to an activating group) is 1. The first-order valence-corrected chi connectivity index (χ1v) is 17.6. The Labute approximate surface area is 267 Å². The predicted molar refractivity (Wildman–Crippen MR) is 180 cm³/mol. The molecule has 7 nitrogen and oxygen atoms in total. The Balaban J connectivity index is 1.14. The summed E-state index contributed by atoms with van der Waals surface area (Å²) >= 11 is 0. The Morgan fingerprint density at radius 1 is 0.778 bits per heavy atom. The van der Waals surface area contributed by atoms with Gasteiger partial charge in [0.05, 0.1) is 10.9 Å². The van der Waals surface area contributed by atoms with Gasteiger partial charge in [-0.05, 0) is 66.3 Å². The molecule has 2 saturated heterocycles. The zero-order valence-corrected chi connectivity index (χ0v) is 26.9. The van der Waals surface area contributed by atoms with Crippen molar-refractivity contribution < 1.29 is 13.2 Å². The van der Waals surface area contributed by atoms with Gasteiger partial charge in [0, 0.05) is 51.7 Å². The highest BCUT2D eigenvalue weighted by molar-refractivity contribution is 7.89. The fourth-order valence-corrected chi connectivity index (χ4v) is 8.20. The number of benzene rings is 4. The normalized spacial score (nSPS) is 18.6. The molecule has 2 unspecified atom stereocenters. The number of likely N-dealkylation sites (tertiary alicyclic amines) is 1. The van der Waals surface area contributed by atoms with Crippen LogP contribution in [-0.2, 0) is 21.2 Å². The fraction of sp³-hybridized carbons (Fsp3) is 0.378. The van der Waals surface area contributed by atoms with Gasteiger partial charge in [0.2, 0.25) is 15.9 Å². The second-order valence-corrected chi connectivity index (χ2v) is 14.3. The maximum Gasteiger partial charge on any atom is 0.241 e.